The van der Waals surface area contributed by atoms with Gasteiger partial charge < -0.3 is 20.0 Å². The van der Waals surface area contributed by atoms with Crippen molar-refractivity contribution in [2.75, 3.05) is 36.8 Å². The Morgan fingerprint density at radius 2 is 1.92 bits per heavy atom. The number of fused-ring (bicyclic) bond motifs is 1. The van der Waals surface area contributed by atoms with Gasteiger partial charge in [-0.15, -0.1) is 0 Å². The molecule has 6 nitrogen and oxygen atoms in total. The number of aryl methyl sites for hydroxylation is 1. The summed E-state index contributed by atoms with van der Waals surface area (Å²) in [5.74, 6) is 0.0140. The second kappa shape index (κ2) is 6.12. The molecule has 0 bridgehead atoms. The highest BCUT2D eigenvalue weighted by Crippen LogP contribution is 2.24. The molecule has 0 atom stereocenters. The lowest BCUT2D eigenvalue weighted by molar-refractivity contribution is 0.0745. The van der Waals surface area contributed by atoms with Gasteiger partial charge in [-0.3, -0.25) is 4.79 Å². The molecule has 4 rings (SSSR count). The van der Waals surface area contributed by atoms with E-state index >= 15 is 0 Å². The Kier molecular flexibility index (Phi) is 3.80. The molecule has 0 aliphatic carbocycles. The third kappa shape index (κ3) is 3.03. The molecule has 3 aromatic rings. The van der Waals surface area contributed by atoms with Crippen molar-refractivity contribution in [1.82, 2.24) is 9.88 Å². The summed E-state index contributed by atoms with van der Waals surface area (Å²) in [7, 11) is 0. The number of amides is 1. The Bertz CT molecular complexity index is 926. The van der Waals surface area contributed by atoms with Crippen molar-refractivity contribution < 1.29 is 9.21 Å². The van der Waals surface area contributed by atoms with Crippen LogP contribution < -0.4 is 10.6 Å². The predicted molar refractivity (Wildman–Crippen MR) is 97.7 cm³/mol. The minimum absolute atomic E-state index is 0.0140. The number of piperazine rings is 1. The molecule has 2 heterocycles. The van der Waals surface area contributed by atoms with E-state index in [1.54, 1.807) is 24.3 Å². The van der Waals surface area contributed by atoms with Crippen LogP contribution in [-0.4, -0.2) is 42.0 Å². The number of anilines is 2. The lowest BCUT2D eigenvalue weighted by Crippen LogP contribution is -2.48. The average Bonchev–Trinajstić information content (AvgIpc) is 3.04. The van der Waals surface area contributed by atoms with Gasteiger partial charge in [0.05, 0.1) is 0 Å². The van der Waals surface area contributed by atoms with Crippen LogP contribution in [0.2, 0.25) is 0 Å². The van der Waals surface area contributed by atoms with Crippen LogP contribution in [0.1, 0.15) is 15.9 Å². The van der Waals surface area contributed by atoms with Crippen molar-refractivity contribution in [1.29, 1.82) is 0 Å². The predicted octanol–water partition coefficient (Wildman–Crippen LogP) is 2.68. The lowest BCUT2D eigenvalue weighted by Gasteiger charge is -2.33. The van der Waals surface area contributed by atoms with Crippen LogP contribution >= 0.6 is 0 Å². The summed E-state index contributed by atoms with van der Waals surface area (Å²) in [4.78, 5) is 21.1. The van der Waals surface area contributed by atoms with Gasteiger partial charge >= 0.3 is 0 Å². The Morgan fingerprint density at radius 1 is 1.12 bits per heavy atom. The quantitative estimate of drug-likeness (QED) is 0.728. The number of nitrogen functional groups attached to an aromatic ring is 1. The maximum absolute atomic E-state index is 12.6. The molecule has 2 N–H and O–H groups in total. The van der Waals surface area contributed by atoms with Crippen LogP contribution in [0, 0.1) is 6.92 Å². The zero-order valence-electron chi connectivity index (χ0n) is 14.1. The Balaban J connectivity index is 1.46. The molecule has 1 fully saturated rings. The fraction of sp³-hybridized carbons (Fsp3) is 0.263. The average molecular weight is 336 g/mol. The first-order valence-corrected chi connectivity index (χ1v) is 8.37. The van der Waals surface area contributed by atoms with E-state index in [0.717, 1.165) is 16.7 Å². The zero-order valence-corrected chi connectivity index (χ0v) is 14.1. The van der Waals surface area contributed by atoms with Gasteiger partial charge in [0.25, 0.3) is 11.9 Å². The first-order chi connectivity index (χ1) is 12.1. The van der Waals surface area contributed by atoms with E-state index in [1.165, 1.54) is 0 Å². The summed E-state index contributed by atoms with van der Waals surface area (Å²) < 4.78 is 5.85. The topological polar surface area (TPSA) is 75.6 Å². The molecule has 0 saturated carbocycles. The van der Waals surface area contributed by atoms with E-state index in [2.05, 4.69) is 9.88 Å². The van der Waals surface area contributed by atoms with Gasteiger partial charge in [0.2, 0.25) is 0 Å². The summed E-state index contributed by atoms with van der Waals surface area (Å²) >= 11 is 0. The number of nitrogens with two attached hydrogens (primary N) is 1. The summed E-state index contributed by atoms with van der Waals surface area (Å²) in [5, 5.41) is 0. The minimum atomic E-state index is 0.0140. The van der Waals surface area contributed by atoms with E-state index in [1.807, 2.05) is 30.0 Å². The molecule has 6 heteroatoms. The molecule has 1 aromatic heterocycles. The number of aromatic nitrogens is 1. The van der Waals surface area contributed by atoms with E-state index in [-0.39, 0.29) is 5.91 Å². The minimum Gasteiger partial charge on any atom is -0.423 e. The number of benzene rings is 2. The second-order valence-electron chi connectivity index (χ2n) is 6.37. The molecule has 0 spiro atoms. The van der Waals surface area contributed by atoms with Crippen LogP contribution in [0.15, 0.2) is 46.9 Å². The summed E-state index contributed by atoms with van der Waals surface area (Å²) in [6, 6.07) is 13.7. The van der Waals surface area contributed by atoms with Gasteiger partial charge in [0, 0.05) is 37.4 Å². The van der Waals surface area contributed by atoms with E-state index in [0.29, 0.717) is 43.4 Å². The van der Waals surface area contributed by atoms with Gasteiger partial charge in [0.15, 0.2) is 5.58 Å². The van der Waals surface area contributed by atoms with Crippen LogP contribution in [0.5, 0.6) is 0 Å². The van der Waals surface area contributed by atoms with E-state index < -0.39 is 0 Å². The lowest BCUT2D eigenvalue weighted by atomic mass is 10.1. The smallest absolute Gasteiger partial charge is 0.298 e. The number of hydrogen-bond donors (Lipinski definition) is 1. The molecule has 0 unspecified atom stereocenters. The number of carbonyl (C=O) groups excluding carboxylic acids is 1. The van der Waals surface area contributed by atoms with Crippen molar-refractivity contribution in [2.45, 2.75) is 6.92 Å². The van der Waals surface area contributed by atoms with E-state index in [9.17, 15) is 4.79 Å². The van der Waals surface area contributed by atoms with Gasteiger partial charge in [-0.1, -0.05) is 12.1 Å². The highest BCUT2D eigenvalue weighted by atomic mass is 16.4. The van der Waals surface area contributed by atoms with Crippen molar-refractivity contribution in [3.05, 3.63) is 53.6 Å². The Morgan fingerprint density at radius 3 is 2.68 bits per heavy atom. The van der Waals surface area contributed by atoms with Crippen LogP contribution in [-0.2, 0) is 0 Å². The highest BCUT2D eigenvalue weighted by Gasteiger charge is 2.24. The summed E-state index contributed by atoms with van der Waals surface area (Å²) in [6.07, 6.45) is 0. The van der Waals surface area contributed by atoms with Crippen LogP contribution in [0.4, 0.5) is 11.7 Å². The summed E-state index contributed by atoms with van der Waals surface area (Å²) in [5.41, 5.74) is 9.82. The van der Waals surface area contributed by atoms with Gasteiger partial charge in [-0.2, -0.15) is 4.98 Å². The van der Waals surface area contributed by atoms with E-state index in [4.69, 9.17) is 10.2 Å². The number of carbonyl (C=O) groups is 1. The molecule has 1 aliphatic rings. The molecule has 2 aromatic carbocycles. The monoisotopic (exact) mass is 336 g/mol. The number of nitrogens with zero attached hydrogens (tertiary/aromatic N) is 3. The maximum atomic E-state index is 12.6. The Labute approximate surface area is 145 Å². The van der Waals surface area contributed by atoms with Gasteiger partial charge in [-0.05, 0) is 42.8 Å². The SMILES string of the molecule is Cc1ccc2oc(N3CCN(C(=O)c4cccc(N)c4)CC3)nc2c1. The number of oxazole rings is 1. The molecule has 1 amide bonds. The second-order valence-corrected chi connectivity index (χ2v) is 6.37. The Hall–Kier alpha value is -3.02. The highest BCUT2D eigenvalue weighted by molar-refractivity contribution is 5.95. The maximum Gasteiger partial charge on any atom is 0.298 e. The summed E-state index contributed by atoms with van der Waals surface area (Å²) in [6.45, 7) is 4.69. The third-order valence-electron chi connectivity index (χ3n) is 4.50. The molecular formula is C19H20N4O2. The first-order valence-electron chi connectivity index (χ1n) is 8.37. The fourth-order valence-corrected chi connectivity index (χ4v) is 3.12. The molecular weight excluding hydrogens is 316 g/mol. The number of rotatable bonds is 2. The van der Waals surface area contributed by atoms with Gasteiger partial charge in [-0.25, -0.2) is 0 Å². The van der Waals surface area contributed by atoms with Crippen LogP contribution in [0.25, 0.3) is 11.1 Å². The molecule has 1 saturated heterocycles. The normalized spacial score (nSPS) is 14.9. The fourth-order valence-electron chi connectivity index (χ4n) is 3.12. The van der Waals surface area contributed by atoms with Crippen molar-refractivity contribution >= 4 is 28.7 Å². The molecule has 128 valence electrons. The first kappa shape index (κ1) is 15.5. The molecule has 1 aliphatic heterocycles. The molecule has 25 heavy (non-hydrogen) atoms. The third-order valence-corrected chi connectivity index (χ3v) is 4.50. The van der Waals surface area contributed by atoms with Crippen LogP contribution in [0.3, 0.4) is 0 Å². The zero-order chi connectivity index (χ0) is 17.4. The largest absolute Gasteiger partial charge is 0.423 e. The molecule has 0 radical (unpaired) electrons. The van der Waals surface area contributed by atoms with Gasteiger partial charge in [0.1, 0.15) is 5.52 Å². The van der Waals surface area contributed by atoms with Crippen molar-refractivity contribution in [3.63, 3.8) is 0 Å². The standard InChI is InChI=1S/C19H20N4O2/c1-13-5-6-17-16(11-13)21-19(25-17)23-9-7-22(8-10-23)18(24)14-3-2-4-15(20)12-14/h2-6,11-12H,7-10,20H2,1H3. The van der Waals surface area contributed by atoms with Crippen molar-refractivity contribution in [3.8, 4) is 0 Å². The number of hydrogen-bond acceptors (Lipinski definition) is 5. The van der Waals surface area contributed by atoms with Crippen molar-refractivity contribution in [2.24, 2.45) is 0 Å².